The first-order valence-electron chi connectivity index (χ1n) is 5.48. The van der Waals surface area contributed by atoms with Crippen molar-refractivity contribution in [2.24, 2.45) is 0 Å². The quantitative estimate of drug-likeness (QED) is 0.652. The SMILES string of the molecule is O=[N+]([O-])c1ccc(Cl)c(NCc2cccc(Br)c2)c1. The summed E-state index contributed by atoms with van der Waals surface area (Å²) < 4.78 is 0.983. The zero-order chi connectivity index (χ0) is 13.8. The number of hydrogen-bond acceptors (Lipinski definition) is 3. The molecule has 0 radical (unpaired) electrons. The van der Waals surface area contributed by atoms with Gasteiger partial charge in [-0.25, -0.2) is 0 Å². The normalized spacial score (nSPS) is 10.2. The Labute approximate surface area is 123 Å². The van der Waals surface area contributed by atoms with Gasteiger partial charge in [0.25, 0.3) is 5.69 Å². The van der Waals surface area contributed by atoms with Crippen LogP contribution in [-0.4, -0.2) is 4.92 Å². The van der Waals surface area contributed by atoms with Crippen LogP contribution in [0, 0.1) is 10.1 Å². The summed E-state index contributed by atoms with van der Waals surface area (Å²) in [6.45, 7) is 0.542. The first-order valence-corrected chi connectivity index (χ1v) is 6.65. The molecule has 0 aliphatic heterocycles. The van der Waals surface area contributed by atoms with Gasteiger partial charge in [0.15, 0.2) is 0 Å². The highest BCUT2D eigenvalue weighted by molar-refractivity contribution is 9.10. The van der Waals surface area contributed by atoms with Gasteiger partial charge in [0.05, 0.1) is 15.6 Å². The van der Waals surface area contributed by atoms with Crippen LogP contribution in [0.15, 0.2) is 46.9 Å². The Hall–Kier alpha value is -1.59. The first-order chi connectivity index (χ1) is 9.06. The highest BCUT2D eigenvalue weighted by Crippen LogP contribution is 2.27. The molecular formula is C13H10BrClN2O2. The lowest BCUT2D eigenvalue weighted by Gasteiger charge is -2.08. The summed E-state index contributed by atoms with van der Waals surface area (Å²) in [5.41, 5.74) is 1.62. The van der Waals surface area contributed by atoms with Gasteiger partial charge in [-0.3, -0.25) is 10.1 Å². The van der Waals surface area contributed by atoms with E-state index in [0.29, 0.717) is 17.3 Å². The van der Waals surface area contributed by atoms with Gasteiger partial charge in [0.2, 0.25) is 0 Å². The molecule has 1 N–H and O–H groups in total. The van der Waals surface area contributed by atoms with Gasteiger partial charge < -0.3 is 5.32 Å². The summed E-state index contributed by atoms with van der Waals surface area (Å²) in [4.78, 5) is 10.3. The molecule has 0 fully saturated rings. The van der Waals surface area contributed by atoms with E-state index in [4.69, 9.17) is 11.6 Å². The van der Waals surface area contributed by atoms with Crippen molar-refractivity contribution >= 4 is 38.9 Å². The van der Waals surface area contributed by atoms with E-state index in [1.54, 1.807) is 0 Å². The van der Waals surface area contributed by atoms with Crippen molar-refractivity contribution in [2.45, 2.75) is 6.54 Å². The zero-order valence-electron chi connectivity index (χ0n) is 9.77. The summed E-state index contributed by atoms with van der Waals surface area (Å²) in [5.74, 6) is 0. The predicted octanol–water partition coefficient (Wildman–Crippen LogP) is 4.62. The van der Waals surface area contributed by atoms with Gasteiger partial charge in [-0.15, -0.1) is 0 Å². The second kappa shape index (κ2) is 6.04. The Morgan fingerprint density at radius 3 is 2.74 bits per heavy atom. The first kappa shape index (κ1) is 13.8. The standard InChI is InChI=1S/C13H10BrClN2O2/c14-10-3-1-2-9(6-10)8-16-13-7-11(17(18)19)4-5-12(13)15/h1-7,16H,8H2. The molecule has 2 aromatic carbocycles. The number of hydrogen-bond donors (Lipinski definition) is 1. The number of halogens is 2. The molecule has 2 rings (SSSR count). The fraction of sp³-hybridized carbons (Fsp3) is 0.0769. The number of non-ortho nitro benzene ring substituents is 1. The molecule has 0 aliphatic rings. The highest BCUT2D eigenvalue weighted by Gasteiger charge is 2.09. The van der Waals surface area contributed by atoms with Gasteiger partial charge >= 0.3 is 0 Å². The molecular weight excluding hydrogens is 332 g/mol. The maximum atomic E-state index is 10.7. The number of benzene rings is 2. The van der Waals surface area contributed by atoms with Crippen LogP contribution in [0.3, 0.4) is 0 Å². The molecule has 0 spiro atoms. The topological polar surface area (TPSA) is 55.2 Å². The van der Waals surface area contributed by atoms with Crippen molar-refractivity contribution in [3.05, 3.63) is 67.6 Å². The zero-order valence-corrected chi connectivity index (χ0v) is 12.1. The third-order valence-corrected chi connectivity index (χ3v) is 3.36. The van der Waals surface area contributed by atoms with Crippen molar-refractivity contribution in [1.82, 2.24) is 0 Å². The Balaban J connectivity index is 2.15. The van der Waals surface area contributed by atoms with Gasteiger partial charge in [-0.1, -0.05) is 39.7 Å². The van der Waals surface area contributed by atoms with Crippen molar-refractivity contribution in [3.8, 4) is 0 Å². The average molecular weight is 342 g/mol. The molecule has 0 bridgehead atoms. The van der Waals surface area contributed by atoms with Gasteiger partial charge in [0.1, 0.15) is 0 Å². The van der Waals surface area contributed by atoms with Crippen LogP contribution in [0.25, 0.3) is 0 Å². The molecule has 2 aromatic rings. The molecule has 0 heterocycles. The van der Waals surface area contributed by atoms with Gasteiger partial charge in [-0.05, 0) is 23.8 Å². The lowest BCUT2D eigenvalue weighted by molar-refractivity contribution is -0.384. The van der Waals surface area contributed by atoms with E-state index < -0.39 is 4.92 Å². The molecule has 6 heteroatoms. The van der Waals surface area contributed by atoms with Crippen LogP contribution < -0.4 is 5.32 Å². The minimum atomic E-state index is -0.444. The van der Waals surface area contributed by atoms with Crippen molar-refractivity contribution < 1.29 is 4.92 Å². The van der Waals surface area contributed by atoms with Crippen molar-refractivity contribution in [1.29, 1.82) is 0 Å². The van der Waals surface area contributed by atoms with E-state index in [1.165, 1.54) is 18.2 Å². The van der Waals surface area contributed by atoms with E-state index in [2.05, 4.69) is 21.2 Å². The molecule has 0 saturated heterocycles. The van der Waals surface area contributed by atoms with E-state index >= 15 is 0 Å². The predicted molar refractivity (Wildman–Crippen MR) is 79.6 cm³/mol. The van der Waals surface area contributed by atoms with Crippen LogP contribution in [0.2, 0.25) is 5.02 Å². The number of nitro benzene ring substituents is 1. The monoisotopic (exact) mass is 340 g/mol. The molecule has 0 unspecified atom stereocenters. The second-order valence-corrected chi connectivity index (χ2v) is 5.23. The largest absolute Gasteiger partial charge is 0.380 e. The minimum absolute atomic E-state index is 0.0149. The van der Waals surface area contributed by atoms with Crippen LogP contribution in [0.4, 0.5) is 11.4 Å². The van der Waals surface area contributed by atoms with Crippen LogP contribution >= 0.6 is 27.5 Å². The van der Waals surface area contributed by atoms with Crippen LogP contribution in [0.1, 0.15) is 5.56 Å². The summed E-state index contributed by atoms with van der Waals surface area (Å²) in [6, 6.07) is 12.1. The lowest BCUT2D eigenvalue weighted by atomic mass is 10.2. The van der Waals surface area contributed by atoms with E-state index in [0.717, 1.165) is 10.0 Å². The Kier molecular flexibility index (Phi) is 4.39. The highest BCUT2D eigenvalue weighted by atomic mass is 79.9. The van der Waals surface area contributed by atoms with E-state index in [1.807, 2.05) is 24.3 Å². The third-order valence-electron chi connectivity index (χ3n) is 2.53. The molecule has 0 atom stereocenters. The van der Waals surface area contributed by atoms with Crippen LogP contribution in [0.5, 0.6) is 0 Å². The minimum Gasteiger partial charge on any atom is -0.380 e. The Morgan fingerprint density at radius 2 is 2.05 bits per heavy atom. The molecule has 0 amide bonds. The molecule has 4 nitrogen and oxygen atoms in total. The smallest absolute Gasteiger partial charge is 0.271 e. The summed E-state index contributed by atoms with van der Waals surface area (Å²) in [5, 5.41) is 14.3. The summed E-state index contributed by atoms with van der Waals surface area (Å²) in [7, 11) is 0. The van der Waals surface area contributed by atoms with E-state index in [9.17, 15) is 10.1 Å². The third kappa shape index (κ3) is 3.68. The van der Waals surface area contributed by atoms with Gasteiger partial charge in [0, 0.05) is 23.2 Å². The molecule has 98 valence electrons. The number of nitrogens with zero attached hydrogens (tertiary/aromatic N) is 1. The average Bonchev–Trinajstić information content (AvgIpc) is 2.37. The maximum Gasteiger partial charge on any atom is 0.271 e. The summed E-state index contributed by atoms with van der Waals surface area (Å²) in [6.07, 6.45) is 0. The molecule has 0 saturated carbocycles. The molecule has 19 heavy (non-hydrogen) atoms. The second-order valence-electron chi connectivity index (χ2n) is 3.90. The van der Waals surface area contributed by atoms with Crippen molar-refractivity contribution in [2.75, 3.05) is 5.32 Å². The molecule has 0 aromatic heterocycles. The fourth-order valence-corrected chi connectivity index (χ4v) is 2.24. The fourth-order valence-electron chi connectivity index (χ4n) is 1.61. The Morgan fingerprint density at radius 1 is 1.26 bits per heavy atom. The summed E-state index contributed by atoms with van der Waals surface area (Å²) >= 11 is 9.39. The number of rotatable bonds is 4. The Bertz CT molecular complexity index is 619. The number of nitrogens with one attached hydrogen (secondary N) is 1. The number of anilines is 1. The number of nitro groups is 1. The molecule has 0 aliphatic carbocycles. The van der Waals surface area contributed by atoms with E-state index in [-0.39, 0.29) is 5.69 Å². The van der Waals surface area contributed by atoms with Crippen LogP contribution in [-0.2, 0) is 6.54 Å². The lowest BCUT2D eigenvalue weighted by Crippen LogP contribution is -2.00. The van der Waals surface area contributed by atoms with Gasteiger partial charge in [-0.2, -0.15) is 0 Å². The van der Waals surface area contributed by atoms with Crippen molar-refractivity contribution in [3.63, 3.8) is 0 Å². The maximum absolute atomic E-state index is 10.7.